The number of nitrogens with zero attached hydrogens (tertiary/aromatic N) is 2. The maximum absolute atomic E-state index is 12.2. The summed E-state index contributed by atoms with van der Waals surface area (Å²) >= 11 is 0. The van der Waals surface area contributed by atoms with Crippen molar-refractivity contribution >= 4 is 12.0 Å². The van der Waals surface area contributed by atoms with E-state index in [0.29, 0.717) is 6.04 Å². The number of piperidine rings is 1. The molecule has 0 aromatic heterocycles. The fourth-order valence-corrected chi connectivity index (χ4v) is 3.18. The number of carboxylic acids is 1. The Hall–Kier alpha value is -1.34. The Morgan fingerprint density at radius 3 is 2.81 bits per heavy atom. The normalized spacial score (nSPS) is 27.8. The number of aliphatic hydroxyl groups is 1. The molecule has 0 radical (unpaired) electrons. The highest BCUT2D eigenvalue weighted by Gasteiger charge is 2.35. The molecule has 2 heterocycles. The molecule has 0 aromatic rings. The second kappa shape index (κ2) is 7.09. The Balaban J connectivity index is 1.80. The van der Waals surface area contributed by atoms with Gasteiger partial charge in [0.1, 0.15) is 0 Å². The topological polar surface area (TPSA) is 93.1 Å². The van der Waals surface area contributed by atoms with Crippen LogP contribution in [0, 0.1) is 0 Å². The Morgan fingerprint density at radius 1 is 1.33 bits per heavy atom. The maximum Gasteiger partial charge on any atom is 0.332 e. The second-order valence-corrected chi connectivity index (χ2v) is 6.02. The van der Waals surface area contributed by atoms with E-state index in [9.17, 15) is 14.7 Å². The number of nitrogens with one attached hydrogen (secondary N) is 1. The van der Waals surface area contributed by atoms with Gasteiger partial charge in [-0.25, -0.2) is 9.59 Å². The number of carbonyl (C=O) groups is 2. The van der Waals surface area contributed by atoms with E-state index in [1.54, 1.807) is 0 Å². The van der Waals surface area contributed by atoms with Crippen molar-refractivity contribution in [3.05, 3.63) is 0 Å². The van der Waals surface area contributed by atoms with E-state index in [1.807, 2.05) is 11.8 Å². The Bertz CT molecular complexity index is 390. The number of piperazine rings is 1. The molecule has 3 atom stereocenters. The number of rotatable bonds is 4. The minimum absolute atomic E-state index is 0.0266. The van der Waals surface area contributed by atoms with Gasteiger partial charge in [0.05, 0.1) is 0 Å². The molecule has 3 N–H and O–H groups in total. The second-order valence-electron chi connectivity index (χ2n) is 6.02. The third-order valence-electron chi connectivity index (χ3n) is 4.43. The molecule has 0 aromatic carbocycles. The van der Waals surface area contributed by atoms with Crippen LogP contribution in [0.4, 0.5) is 4.79 Å². The average Bonchev–Trinajstić information content (AvgIpc) is 2.46. The van der Waals surface area contributed by atoms with Crippen molar-refractivity contribution in [1.82, 2.24) is 15.1 Å². The lowest BCUT2D eigenvalue weighted by Crippen LogP contribution is -2.61. The molecule has 0 spiro atoms. The fraction of sp³-hybridized carbons (Fsp3) is 0.857. The van der Waals surface area contributed by atoms with Gasteiger partial charge in [0.25, 0.3) is 0 Å². The Morgan fingerprint density at radius 2 is 2.10 bits per heavy atom. The quantitative estimate of drug-likeness (QED) is 0.684. The van der Waals surface area contributed by atoms with Crippen molar-refractivity contribution in [2.75, 3.05) is 26.2 Å². The minimum atomic E-state index is -1.42. The van der Waals surface area contributed by atoms with Crippen molar-refractivity contribution in [2.24, 2.45) is 0 Å². The summed E-state index contributed by atoms with van der Waals surface area (Å²) in [6.45, 7) is 4.96. The van der Waals surface area contributed by atoms with Gasteiger partial charge in [-0.05, 0) is 26.3 Å². The molecule has 2 rings (SSSR count). The van der Waals surface area contributed by atoms with Gasteiger partial charge >= 0.3 is 12.0 Å². The molecule has 21 heavy (non-hydrogen) atoms. The average molecular weight is 299 g/mol. The van der Waals surface area contributed by atoms with Crippen LogP contribution in [0.3, 0.4) is 0 Å². The summed E-state index contributed by atoms with van der Waals surface area (Å²) in [6.07, 6.45) is 2.20. The van der Waals surface area contributed by atoms with Gasteiger partial charge in [0, 0.05) is 38.1 Å². The molecule has 0 saturated carbocycles. The van der Waals surface area contributed by atoms with Crippen LogP contribution in [0.5, 0.6) is 0 Å². The van der Waals surface area contributed by atoms with E-state index in [0.717, 1.165) is 26.1 Å². The summed E-state index contributed by atoms with van der Waals surface area (Å²) in [4.78, 5) is 27.0. The molecule has 2 fully saturated rings. The molecule has 7 heteroatoms. The Kier molecular flexibility index (Phi) is 5.41. The summed E-state index contributed by atoms with van der Waals surface area (Å²) < 4.78 is 0. The van der Waals surface area contributed by atoms with Crippen LogP contribution in [0.15, 0.2) is 0 Å². The smallest absolute Gasteiger partial charge is 0.332 e. The lowest BCUT2D eigenvalue weighted by Gasteiger charge is -2.47. The summed E-state index contributed by atoms with van der Waals surface area (Å²) in [7, 11) is 0. The molecular formula is C14H25N3O4. The largest absolute Gasteiger partial charge is 0.479 e. The minimum Gasteiger partial charge on any atom is -0.479 e. The molecule has 7 nitrogen and oxygen atoms in total. The van der Waals surface area contributed by atoms with Gasteiger partial charge in [0.15, 0.2) is 6.10 Å². The number of carbonyl (C=O) groups excluding carboxylic acids is 1. The highest BCUT2D eigenvalue weighted by atomic mass is 16.4. The number of hydrogen-bond donors (Lipinski definition) is 3. The van der Waals surface area contributed by atoms with Crippen LogP contribution in [-0.2, 0) is 4.79 Å². The van der Waals surface area contributed by atoms with E-state index in [2.05, 4.69) is 10.2 Å². The first kappa shape index (κ1) is 16.0. The van der Waals surface area contributed by atoms with Gasteiger partial charge in [-0.2, -0.15) is 0 Å². The standard InChI is InChI=1S/C14H25N3O4/c1-10-8-16-7-3-2-4-11(16)9-17(10)14(21)15-6-5-12(18)13(19)20/h10-12,18H,2-9H2,1H3,(H,15,21)(H,19,20)/t10?,11?,12-/m0/s1. The summed E-state index contributed by atoms with van der Waals surface area (Å²) in [6, 6.07) is 0.444. The number of urea groups is 1. The molecule has 2 unspecified atom stereocenters. The third kappa shape index (κ3) is 4.07. The van der Waals surface area contributed by atoms with Crippen LogP contribution >= 0.6 is 0 Å². The van der Waals surface area contributed by atoms with Crippen LogP contribution < -0.4 is 5.32 Å². The van der Waals surface area contributed by atoms with Crippen LogP contribution in [0.25, 0.3) is 0 Å². The zero-order valence-corrected chi connectivity index (χ0v) is 12.5. The number of fused-ring (bicyclic) bond motifs is 1. The molecule has 2 amide bonds. The monoisotopic (exact) mass is 299 g/mol. The van der Waals surface area contributed by atoms with Crippen molar-refractivity contribution in [3.63, 3.8) is 0 Å². The van der Waals surface area contributed by atoms with E-state index in [-0.39, 0.29) is 25.0 Å². The Labute approximate surface area is 124 Å². The number of carboxylic acid groups (broad SMARTS) is 1. The number of amides is 2. The lowest BCUT2D eigenvalue weighted by molar-refractivity contribution is -0.146. The SMILES string of the molecule is CC1CN2CCCCC2CN1C(=O)NCC[C@H](O)C(=O)O. The van der Waals surface area contributed by atoms with Crippen molar-refractivity contribution in [3.8, 4) is 0 Å². The number of aliphatic hydroxyl groups excluding tert-OH is 1. The summed E-state index contributed by atoms with van der Waals surface area (Å²) in [5.74, 6) is -1.26. The maximum atomic E-state index is 12.2. The lowest BCUT2D eigenvalue weighted by atomic mass is 9.97. The number of hydrogen-bond acceptors (Lipinski definition) is 4. The highest BCUT2D eigenvalue weighted by Crippen LogP contribution is 2.23. The zero-order chi connectivity index (χ0) is 15.4. The van der Waals surface area contributed by atoms with Crippen LogP contribution in [0.1, 0.15) is 32.6 Å². The molecule has 2 aliphatic heterocycles. The molecule has 2 aliphatic rings. The van der Waals surface area contributed by atoms with Crippen molar-refractivity contribution in [1.29, 1.82) is 0 Å². The molecule has 120 valence electrons. The van der Waals surface area contributed by atoms with Gasteiger partial charge in [-0.1, -0.05) is 6.42 Å². The highest BCUT2D eigenvalue weighted by molar-refractivity contribution is 5.75. The number of aliphatic carboxylic acids is 1. The predicted octanol–water partition coefficient (Wildman–Crippen LogP) is 0.0902. The van der Waals surface area contributed by atoms with Crippen LogP contribution in [-0.4, -0.2) is 76.4 Å². The van der Waals surface area contributed by atoms with E-state index in [1.165, 1.54) is 12.8 Å². The summed E-state index contributed by atoms with van der Waals surface area (Å²) in [5.41, 5.74) is 0. The first-order valence-corrected chi connectivity index (χ1v) is 7.68. The first-order chi connectivity index (χ1) is 9.99. The first-order valence-electron chi connectivity index (χ1n) is 7.68. The zero-order valence-electron chi connectivity index (χ0n) is 12.5. The van der Waals surface area contributed by atoms with Gasteiger partial charge in [0.2, 0.25) is 0 Å². The van der Waals surface area contributed by atoms with Crippen LogP contribution in [0.2, 0.25) is 0 Å². The molecule has 2 saturated heterocycles. The van der Waals surface area contributed by atoms with E-state index in [4.69, 9.17) is 5.11 Å². The molecular weight excluding hydrogens is 274 g/mol. The molecule has 0 bridgehead atoms. The van der Waals surface area contributed by atoms with Gasteiger partial charge in [-0.3, -0.25) is 4.90 Å². The van der Waals surface area contributed by atoms with E-state index < -0.39 is 12.1 Å². The predicted molar refractivity (Wildman–Crippen MR) is 77.0 cm³/mol. The van der Waals surface area contributed by atoms with Gasteiger partial charge < -0.3 is 20.4 Å². The van der Waals surface area contributed by atoms with E-state index >= 15 is 0 Å². The molecule has 0 aliphatic carbocycles. The van der Waals surface area contributed by atoms with Crippen molar-refractivity contribution in [2.45, 2.75) is 50.8 Å². The van der Waals surface area contributed by atoms with Crippen molar-refractivity contribution < 1.29 is 19.8 Å². The summed E-state index contributed by atoms with van der Waals surface area (Å²) in [5, 5.41) is 20.5. The van der Waals surface area contributed by atoms with Gasteiger partial charge in [-0.15, -0.1) is 0 Å². The third-order valence-corrected chi connectivity index (χ3v) is 4.43. The fourth-order valence-electron chi connectivity index (χ4n) is 3.18.